The molecule has 1 aromatic carbocycles. The summed E-state index contributed by atoms with van der Waals surface area (Å²) < 4.78 is 0. The molecule has 0 aliphatic rings. The van der Waals surface area contributed by atoms with E-state index in [2.05, 4.69) is 50.4 Å². The van der Waals surface area contributed by atoms with Crippen molar-refractivity contribution >= 4 is 0 Å². The second-order valence-electron chi connectivity index (χ2n) is 5.28. The fourth-order valence-corrected chi connectivity index (χ4v) is 2.00. The molecule has 2 nitrogen and oxygen atoms in total. The van der Waals surface area contributed by atoms with Gasteiger partial charge in [0.15, 0.2) is 0 Å². The molecule has 0 aromatic heterocycles. The highest BCUT2D eigenvalue weighted by atomic mass is 16.3. The Bertz CT molecular complexity index is 297. The molecule has 2 heteroatoms. The summed E-state index contributed by atoms with van der Waals surface area (Å²) in [4.78, 5) is 0. The normalized spacial score (nSPS) is 14.9. The van der Waals surface area contributed by atoms with Crippen molar-refractivity contribution in [2.24, 2.45) is 5.92 Å². The third-order valence-corrected chi connectivity index (χ3v) is 2.83. The Kier molecular flexibility index (Phi) is 6.23. The minimum absolute atomic E-state index is 0.228. The van der Waals surface area contributed by atoms with Gasteiger partial charge in [0, 0.05) is 12.6 Å². The molecule has 1 rings (SSSR count). The van der Waals surface area contributed by atoms with Gasteiger partial charge in [0.25, 0.3) is 0 Å². The maximum atomic E-state index is 9.77. The third kappa shape index (κ3) is 6.44. The summed E-state index contributed by atoms with van der Waals surface area (Å²) in [7, 11) is 0. The van der Waals surface area contributed by atoms with Crippen LogP contribution in [0.4, 0.5) is 0 Å². The van der Waals surface area contributed by atoms with Crippen LogP contribution in [0.2, 0.25) is 0 Å². The zero-order valence-electron chi connectivity index (χ0n) is 11.2. The van der Waals surface area contributed by atoms with Crippen molar-refractivity contribution in [2.45, 2.75) is 45.8 Å². The maximum Gasteiger partial charge on any atom is 0.0667 e. The Morgan fingerprint density at radius 1 is 1.12 bits per heavy atom. The van der Waals surface area contributed by atoms with Gasteiger partial charge in [-0.15, -0.1) is 0 Å². The first-order valence-electron chi connectivity index (χ1n) is 6.53. The van der Waals surface area contributed by atoms with Crippen LogP contribution in [-0.4, -0.2) is 23.8 Å². The molecule has 0 fully saturated rings. The first kappa shape index (κ1) is 14.2. The summed E-state index contributed by atoms with van der Waals surface area (Å²) in [5, 5.41) is 13.2. The van der Waals surface area contributed by atoms with Gasteiger partial charge in [0.05, 0.1) is 6.10 Å². The number of rotatable bonds is 7. The number of benzene rings is 1. The van der Waals surface area contributed by atoms with Crippen molar-refractivity contribution in [3.05, 3.63) is 35.9 Å². The summed E-state index contributed by atoms with van der Waals surface area (Å²) in [5.74, 6) is 0.552. The zero-order valence-corrected chi connectivity index (χ0v) is 11.2. The average Bonchev–Trinajstić information content (AvgIpc) is 2.27. The average molecular weight is 235 g/mol. The van der Waals surface area contributed by atoms with Gasteiger partial charge in [0.1, 0.15) is 0 Å². The lowest BCUT2D eigenvalue weighted by Crippen LogP contribution is -2.35. The standard InChI is InChI=1S/C15H25NO/c1-12(2)9-15(17)11-16-13(3)10-14-7-5-4-6-8-14/h4-8,12-13,15-17H,9-11H2,1-3H3. The minimum atomic E-state index is -0.228. The molecule has 17 heavy (non-hydrogen) atoms. The second-order valence-corrected chi connectivity index (χ2v) is 5.28. The van der Waals surface area contributed by atoms with Crippen LogP contribution in [0.1, 0.15) is 32.8 Å². The van der Waals surface area contributed by atoms with Crippen molar-refractivity contribution in [3.8, 4) is 0 Å². The lowest BCUT2D eigenvalue weighted by molar-refractivity contribution is 0.143. The SMILES string of the molecule is CC(C)CC(O)CNC(C)Cc1ccccc1. The number of hydrogen-bond donors (Lipinski definition) is 2. The van der Waals surface area contributed by atoms with Crippen LogP contribution in [0.15, 0.2) is 30.3 Å². The molecular formula is C15H25NO. The van der Waals surface area contributed by atoms with Gasteiger partial charge < -0.3 is 10.4 Å². The van der Waals surface area contributed by atoms with E-state index in [1.807, 2.05) is 6.07 Å². The minimum Gasteiger partial charge on any atom is -0.392 e. The third-order valence-electron chi connectivity index (χ3n) is 2.83. The summed E-state index contributed by atoms with van der Waals surface area (Å²) in [6.45, 7) is 7.12. The van der Waals surface area contributed by atoms with Crippen LogP contribution in [0.3, 0.4) is 0 Å². The molecule has 0 saturated heterocycles. The van der Waals surface area contributed by atoms with Gasteiger partial charge in [-0.25, -0.2) is 0 Å². The van der Waals surface area contributed by atoms with E-state index < -0.39 is 0 Å². The van der Waals surface area contributed by atoms with E-state index in [0.29, 0.717) is 18.5 Å². The van der Waals surface area contributed by atoms with Crippen LogP contribution in [0, 0.1) is 5.92 Å². The van der Waals surface area contributed by atoms with E-state index in [1.54, 1.807) is 0 Å². The molecule has 0 aliphatic carbocycles. The number of aliphatic hydroxyl groups excluding tert-OH is 1. The van der Waals surface area contributed by atoms with E-state index in [1.165, 1.54) is 5.56 Å². The van der Waals surface area contributed by atoms with Crippen molar-refractivity contribution in [1.29, 1.82) is 0 Å². The van der Waals surface area contributed by atoms with E-state index >= 15 is 0 Å². The lowest BCUT2D eigenvalue weighted by Gasteiger charge is -2.18. The molecule has 0 saturated carbocycles. The van der Waals surface area contributed by atoms with Crippen LogP contribution < -0.4 is 5.32 Å². The Hall–Kier alpha value is -0.860. The first-order chi connectivity index (χ1) is 8.08. The highest BCUT2D eigenvalue weighted by Crippen LogP contribution is 2.05. The van der Waals surface area contributed by atoms with Crippen molar-refractivity contribution in [1.82, 2.24) is 5.32 Å². The van der Waals surface area contributed by atoms with Gasteiger partial charge in [-0.3, -0.25) is 0 Å². The van der Waals surface area contributed by atoms with Crippen LogP contribution in [0.25, 0.3) is 0 Å². The topological polar surface area (TPSA) is 32.3 Å². The first-order valence-corrected chi connectivity index (χ1v) is 6.53. The van der Waals surface area contributed by atoms with E-state index in [9.17, 15) is 5.11 Å². The van der Waals surface area contributed by atoms with E-state index in [4.69, 9.17) is 0 Å². The van der Waals surface area contributed by atoms with E-state index in [-0.39, 0.29) is 6.10 Å². The number of nitrogens with one attached hydrogen (secondary N) is 1. The molecule has 0 bridgehead atoms. The van der Waals surface area contributed by atoms with Crippen LogP contribution in [0.5, 0.6) is 0 Å². The summed E-state index contributed by atoms with van der Waals surface area (Å²) >= 11 is 0. The smallest absolute Gasteiger partial charge is 0.0667 e. The van der Waals surface area contributed by atoms with Crippen molar-refractivity contribution < 1.29 is 5.11 Å². The maximum absolute atomic E-state index is 9.77. The molecule has 2 unspecified atom stereocenters. The van der Waals surface area contributed by atoms with Gasteiger partial charge in [-0.1, -0.05) is 44.2 Å². The lowest BCUT2D eigenvalue weighted by atomic mass is 10.0. The molecule has 2 atom stereocenters. The molecule has 0 aliphatic heterocycles. The molecule has 1 aromatic rings. The van der Waals surface area contributed by atoms with Crippen molar-refractivity contribution in [3.63, 3.8) is 0 Å². The largest absolute Gasteiger partial charge is 0.392 e. The number of hydrogen-bond acceptors (Lipinski definition) is 2. The highest BCUT2D eigenvalue weighted by Gasteiger charge is 2.09. The summed E-state index contributed by atoms with van der Waals surface area (Å²) in [6.07, 6.45) is 1.65. The van der Waals surface area contributed by atoms with E-state index in [0.717, 1.165) is 12.8 Å². The highest BCUT2D eigenvalue weighted by molar-refractivity contribution is 5.15. The fraction of sp³-hybridized carbons (Fsp3) is 0.600. The molecule has 0 amide bonds. The van der Waals surface area contributed by atoms with Gasteiger partial charge in [-0.2, -0.15) is 0 Å². The van der Waals surface area contributed by atoms with Crippen molar-refractivity contribution in [2.75, 3.05) is 6.54 Å². The predicted octanol–water partition coefficient (Wildman–Crippen LogP) is 2.61. The van der Waals surface area contributed by atoms with Crippen LogP contribution in [-0.2, 0) is 6.42 Å². The molecule has 0 heterocycles. The number of aliphatic hydroxyl groups is 1. The van der Waals surface area contributed by atoms with Crippen LogP contribution >= 0.6 is 0 Å². The Labute approximate surface area is 105 Å². The molecule has 0 spiro atoms. The monoisotopic (exact) mass is 235 g/mol. The Morgan fingerprint density at radius 2 is 1.76 bits per heavy atom. The fourth-order valence-electron chi connectivity index (χ4n) is 2.00. The molecule has 2 N–H and O–H groups in total. The summed E-state index contributed by atoms with van der Waals surface area (Å²) in [6, 6.07) is 10.9. The zero-order chi connectivity index (χ0) is 12.7. The Balaban J connectivity index is 2.23. The van der Waals surface area contributed by atoms with Gasteiger partial charge in [-0.05, 0) is 31.2 Å². The molecule has 96 valence electrons. The summed E-state index contributed by atoms with van der Waals surface area (Å²) in [5.41, 5.74) is 1.34. The molecule has 0 radical (unpaired) electrons. The molecular weight excluding hydrogens is 210 g/mol. The Morgan fingerprint density at radius 3 is 2.35 bits per heavy atom. The predicted molar refractivity (Wildman–Crippen MR) is 73.1 cm³/mol. The van der Waals surface area contributed by atoms with Gasteiger partial charge >= 0.3 is 0 Å². The second kappa shape index (κ2) is 7.46. The quantitative estimate of drug-likeness (QED) is 0.761. The van der Waals surface area contributed by atoms with Gasteiger partial charge in [0.2, 0.25) is 0 Å².